The number of urea groups is 1. The van der Waals surface area contributed by atoms with Crippen molar-refractivity contribution in [3.05, 3.63) is 64.4 Å². The van der Waals surface area contributed by atoms with Crippen LogP contribution in [0.4, 0.5) is 18.0 Å². The Kier molecular flexibility index (Phi) is 8.05. The molecule has 8 nitrogen and oxygen atoms in total. The zero-order valence-electron chi connectivity index (χ0n) is 17.8. The van der Waals surface area contributed by atoms with Crippen molar-refractivity contribution in [3.8, 4) is 0 Å². The minimum atomic E-state index is -4.18. The van der Waals surface area contributed by atoms with Gasteiger partial charge >= 0.3 is 6.03 Å². The molecule has 1 fully saturated rings. The quantitative estimate of drug-likeness (QED) is 0.570. The zero-order valence-corrected chi connectivity index (χ0v) is 19.4. The highest BCUT2D eigenvalue weighted by Crippen LogP contribution is 2.20. The summed E-state index contributed by atoms with van der Waals surface area (Å²) in [6.45, 7) is 0.403. The summed E-state index contributed by atoms with van der Waals surface area (Å²) in [5, 5.41) is -0.0298. The number of carbonyl (C=O) groups is 2. The molecule has 3 N–H and O–H groups in total. The molecule has 1 atom stereocenters. The topological polar surface area (TPSA) is 113 Å². The van der Waals surface area contributed by atoms with Crippen LogP contribution in [0, 0.1) is 17.5 Å². The standard InChI is InChI=1S/C21H22ClF3N4O4S/c22-15-3-1-2-4-19(15)34(32,33)27-21(31)29-7-5-28(6-8-29)20(30)11-14(26)9-13-10-17(24)18(25)12-16(13)23/h1-4,10,12,14H,5-9,11,26H2,(H,27,31)/t14-/m1/s1. The van der Waals surface area contributed by atoms with Crippen molar-refractivity contribution >= 4 is 33.6 Å². The van der Waals surface area contributed by atoms with E-state index < -0.39 is 39.5 Å². The van der Waals surface area contributed by atoms with E-state index in [1.807, 2.05) is 4.72 Å². The summed E-state index contributed by atoms with van der Waals surface area (Å²) in [7, 11) is -4.18. The first kappa shape index (κ1) is 25.8. The molecule has 0 radical (unpaired) electrons. The van der Waals surface area contributed by atoms with Crippen LogP contribution < -0.4 is 10.5 Å². The Balaban J connectivity index is 1.51. The van der Waals surface area contributed by atoms with Crippen molar-refractivity contribution in [2.24, 2.45) is 5.73 Å². The van der Waals surface area contributed by atoms with Gasteiger partial charge < -0.3 is 15.5 Å². The number of piperazine rings is 1. The minimum absolute atomic E-state index is 0.0298. The third-order valence-corrected chi connectivity index (χ3v) is 7.10. The summed E-state index contributed by atoms with van der Waals surface area (Å²) >= 11 is 5.89. The first-order valence-corrected chi connectivity index (χ1v) is 12.1. The number of rotatable bonds is 6. The molecule has 2 aromatic rings. The Morgan fingerprint density at radius 3 is 2.24 bits per heavy atom. The van der Waals surface area contributed by atoms with Gasteiger partial charge in [0.15, 0.2) is 11.6 Å². The summed E-state index contributed by atoms with van der Waals surface area (Å²) < 4.78 is 67.0. The summed E-state index contributed by atoms with van der Waals surface area (Å²) in [6.07, 6.45) is -0.345. The maximum Gasteiger partial charge on any atom is 0.331 e. The van der Waals surface area contributed by atoms with E-state index in [-0.39, 0.29) is 60.4 Å². The van der Waals surface area contributed by atoms with Crippen LogP contribution in [0.2, 0.25) is 5.02 Å². The highest BCUT2D eigenvalue weighted by molar-refractivity contribution is 7.90. The second kappa shape index (κ2) is 10.6. The van der Waals surface area contributed by atoms with E-state index in [9.17, 15) is 31.2 Å². The Hall–Kier alpha value is -2.83. The number of halogens is 4. The van der Waals surface area contributed by atoms with E-state index in [0.717, 1.165) is 0 Å². The van der Waals surface area contributed by atoms with Gasteiger partial charge in [-0.3, -0.25) is 4.79 Å². The largest absolute Gasteiger partial charge is 0.339 e. The number of carbonyl (C=O) groups excluding carboxylic acids is 2. The van der Waals surface area contributed by atoms with E-state index >= 15 is 0 Å². The number of nitrogens with zero attached hydrogens (tertiary/aromatic N) is 2. The van der Waals surface area contributed by atoms with Crippen LogP contribution in [0.1, 0.15) is 12.0 Å². The van der Waals surface area contributed by atoms with Crippen molar-refractivity contribution < 1.29 is 31.2 Å². The van der Waals surface area contributed by atoms with Crippen LogP contribution in [0.3, 0.4) is 0 Å². The summed E-state index contributed by atoms with van der Waals surface area (Å²) in [4.78, 5) is 27.4. The average Bonchev–Trinajstić information content (AvgIpc) is 2.77. The van der Waals surface area contributed by atoms with Crippen LogP contribution in [0.5, 0.6) is 0 Å². The van der Waals surface area contributed by atoms with Crippen LogP contribution in [-0.2, 0) is 21.2 Å². The molecule has 2 aromatic carbocycles. The number of nitrogens with two attached hydrogens (primary N) is 1. The number of hydrogen-bond acceptors (Lipinski definition) is 5. The van der Waals surface area contributed by atoms with Gasteiger partial charge in [0.05, 0.1) is 5.02 Å². The number of sulfonamides is 1. The van der Waals surface area contributed by atoms with Gasteiger partial charge in [-0.05, 0) is 30.2 Å². The normalized spacial score (nSPS) is 15.2. The van der Waals surface area contributed by atoms with E-state index in [2.05, 4.69) is 0 Å². The molecule has 0 aliphatic carbocycles. The van der Waals surface area contributed by atoms with Crippen LogP contribution in [-0.4, -0.2) is 62.4 Å². The van der Waals surface area contributed by atoms with E-state index in [4.69, 9.17) is 17.3 Å². The Morgan fingerprint density at radius 1 is 1.00 bits per heavy atom. The fourth-order valence-corrected chi connectivity index (χ4v) is 4.98. The van der Waals surface area contributed by atoms with Crippen molar-refractivity contribution in [1.82, 2.24) is 14.5 Å². The van der Waals surface area contributed by atoms with Gasteiger partial charge in [0.25, 0.3) is 10.0 Å². The molecule has 0 saturated carbocycles. The lowest BCUT2D eigenvalue weighted by atomic mass is 10.0. The molecule has 34 heavy (non-hydrogen) atoms. The maximum absolute atomic E-state index is 13.8. The lowest BCUT2D eigenvalue weighted by Crippen LogP contribution is -2.54. The summed E-state index contributed by atoms with van der Waals surface area (Å²) in [6, 6.07) is 5.13. The fourth-order valence-electron chi connectivity index (χ4n) is 3.48. The maximum atomic E-state index is 13.8. The highest BCUT2D eigenvalue weighted by Gasteiger charge is 2.28. The average molecular weight is 519 g/mol. The van der Waals surface area contributed by atoms with Gasteiger partial charge in [0, 0.05) is 44.7 Å². The van der Waals surface area contributed by atoms with E-state index in [0.29, 0.717) is 12.1 Å². The molecular weight excluding hydrogens is 497 g/mol. The molecule has 184 valence electrons. The summed E-state index contributed by atoms with van der Waals surface area (Å²) in [5.41, 5.74) is 5.76. The third kappa shape index (κ3) is 6.19. The van der Waals surface area contributed by atoms with E-state index in [1.54, 1.807) is 6.07 Å². The first-order chi connectivity index (χ1) is 16.0. The number of benzene rings is 2. The second-order valence-corrected chi connectivity index (χ2v) is 9.79. The van der Waals surface area contributed by atoms with Gasteiger partial charge in [-0.2, -0.15) is 0 Å². The van der Waals surface area contributed by atoms with Crippen molar-refractivity contribution in [2.75, 3.05) is 26.2 Å². The highest BCUT2D eigenvalue weighted by atomic mass is 35.5. The van der Waals surface area contributed by atoms with Gasteiger partial charge in [-0.15, -0.1) is 0 Å². The predicted octanol–water partition coefficient (Wildman–Crippen LogP) is 2.26. The molecule has 13 heteroatoms. The molecular formula is C21H22ClF3N4O4S. The number of nitrogens with one attached hydrogen (secondary N) is 1. The molecule has 1 aliphatic rings. The second-order valence-electron chi connectivity index (χ2n) is 7.73. The number of hydrogen-bond donors (Lipinski definition) is 2. The monoisotopic (exact) mass is 518 g/mol. The predicted molar refractivity (Wildman–Crippen MR) is 118 cm³/mol. The van der Waals surface area contributed by atoms with Crippen molar-refractivity contribution in [2.45, 2.75) is 23.8 Å². The van der Waals surface area contributed by atoms with Gasteiger partial charge in [-0.25, -0.2) is 31.1 Å². The van der Waals surface area contributed by atoms with Crippen molar-refractivity contribution in [1.29, 1.82) is 0 Å². The van der Waals surface area contributed by atoms with Gasteiger partial charge in [0.2, 0.25) is 5.91 Å². The lowest BCUT2D eigenvalue weighted by molar-refractivity contribution is -0.132. The molecule has 0 spiro atoms. The van der Waals surface area contributed by atoms with Crippen molar-refractivity contribution in [3.63, 3.8) is 0 Å². The first-order valence-electron chi connectivity index (χ1n) is 10.2. The Morgan fingerprint density at radius 2 is 1.59 bits per heavy atom. The fraction of sp³-hybridized carbons (Fsp3) is 0.333. The molecule has 1 aliphatic heterocycles. The minimum Gasteiger partial charge on any atom is -0.339 e. The molecule has 3 amide bonds. The van der Waals surface area contributed by atoms with E-state index in [1.165, 1.54) is 28.0 Å². The molecule has 1 heterocycles. The van der Waals surface area contributed by atoms with Gasteiger partial charge in [-0.1, -0.05) is 23.7 Å². The zero-order chi connectivity index (χ0) is 25.0. The lowest BCUT2D eigenvalue weighted by Gasteiger charge is -2.35. The SMILES string of the molecule is N[C@@H](CC(=O)N1CCN(C(=O)NS(=O)(=O)c2ccccc2Cl)CC1)Cc1cc(F)c(F)cc1F. The summed E-state index contributed by atoms with van der Waals surface area (Å²) in [5.74, 6) is -3.83. The smallest absolute Gasteiger partial charge is 0.331 e. The molecule has 1 saturated heterocycles. The molecule has 3 rings (SSSR count). The Bertz CT molecular complexity index is 1190. The molecule has 0 aromatic heterocycles. The third-order valence-electron chi connectivity index (χ3n) is 5.28. The number of amides is 3. The van der Waals surface area contributed by atoms with Crippen LogP contribution in [0.25, 0.3) is 0 Å². The van der Waals surface area contributed by atoms with Gasteiger partial charge in [0.1, 0.15) is 10.7 Å². The van der Waals surface area contributed by atoms with Crippen LogP contribution in [0.15, 0.2) is 41.3 Å². The Labute approximate surface area is 199 Å². The molecule has 0 unspecified atom stereocenters. The molecule has 0 bridgehead atoms. The van der Waals surface area contributed by atoms with Crippen LogP contribution >= 0.6 is 11.6 Å².